The number of hydrogen-bond acceptors (Lipinski definition) is 3. The minimum atomic E-state index is -1.05. The van der Waals surface area contributed by atoms with Gasteiger partial charge in [0.1, 0.15) is 0 Å². The molecule has 0 bridgehead atoms. The first-order valence-electron chi connectivity index (χ1n) is 6.33. The quantitative estimate of drug-likeness (QED) is 0.789. The van der Waals surface area contributed by atoms with Gasteiger partial charge in [0.2, 0.25) is 5.91 Å². The van der Waals surface area contributed by atoms with Gasteiger partial charge < -0.3 is 15.3 Å². The highest BCUT2D eigenvalue weighted by molar-refractivity contribution is 5.97. The summed E-state index contributed by atoms with van der Waals surface area (Å²) in [4.78, 5) is 35.3. The van der Waals surface area contributed by atoms with Gasteiger partial charge in [0, 0.05) is 25.7 Å². The number of aliphatic carboxylic acids is 1. The largest absolute Gasteiger partial charge is 0.478 e. The molecule has 21 heavy (non-hydrogen) atoms. The van der Waals surface area contributed by atoms with E-state index in [0.29, 0.717) is 11.1 Å². The predicted octanol–water partition coefficient (Wildman–Crippen LogP) is 0.911. The highest BCUT2D eigenvalue weighted by Gasteiger charge is 2.14. The molecule has 1 aromatic carbocycles. The minimum Gasteiger partial charge on any atom is -0.478 e. The minimum absolute atomic E-state index is 0.0382. The fraction of sp³-hybridized carbons (Fsp3) is 0.267. The number of nitrogens with one attached hydrogen (secondary N) is 1. The second-order valence-corrected chi connectivity index (χ2v) is 4.58. The lowest BCUT2D eigenvalue weighted by molar-refractivity contribution is -0.131. The van der Waals surface area contributed by atoms with Gasteiger partial charge in [-0.05, 0) is 36.3 Å². The van der Waals surface area contributed by atoms with E-state index in [-0.39, 0.29) is 18.4 Å². The molecular formula is C15H18N2O4. The molecule has 0 aliphatic rings. The Morgan fingerprint density at radius 3 is 2.57 bits per heavy atom. The van der Waals surface area contributed by atoms with E-state index in [2.05, 4.69) is 5.32 Å². The zero-order valence-electron chi connectivity index (χ0n) is 12.2. The summed E-state index contributed by atoms with van der Waals surface area (Å²) in [6.07, 6.45) is 2.46. The number of amides is 2. The van der Waals surface area contributed by atoms with Crippen molar-refractivity contribution >= 4 is 23.9 Å². The van der Waals surface area contributed by atoms with E-state index >= 15 is 0 Å². The monoisotopic (exact) mass is 290 g/mol. The van der Waals surface area contributed by atoms with Gasteiger partial charge in [0.15, 0.2) is 0 Å². The van der Waals surface area contributed by atoms with Crippen molar-refractivity contribution in [2.75, 3.05) is 20.6 Å². The van der Waals surface area contributed by atoms with Crippen molar-refractivity contribution in [2.45, 2.75) is 6.92 Å². The molecule has 0 fully saturated rings. The molecule has 0 spiro atoms. The molecule has 112 valence electrons. The van der Waals surface area contributed by atoms with Crippen LogP contribution in [0.5, 0.6) is 0 Å². The van der Waals surface area contributed by atoms with Crippen LogP contribution in [0, 0.1) is 6.92 Å². The smallest absolute Gasteiger partial charge is 0.328 e. The van der Waals surface area contributed by atoms with Crippen LogP contribution in [0.3, 0.4) is 0 Å². The summed E-state index contributed by atoms with van der Waals surface area (Å²) in [6, 6.07) is 5.00. The maximum absolute atomic E-state index is 12.2. The Kier molecular flexibility index (Phi) is 5.66. The zero-order valence-corrected chi connectivity index (χ0v) is 12.2. The van der Waals surface area contributed by atoms with Crippen LogP contribution < -0.4 is 5.32 Å². The Morgan fingerprint density at radius 1 is 1.33 bits per heavy atom. The van der Waals surface area contributed by atoms with E-state index < -0.39 is 5.97 Å². The van der Waals surface area contributed by atoms with Crippen LogP contribution in [-0.4, -0.2) is 48.4 Å². The second-order valence-electron chi connectivity index (χ2n) is 4.58. The average Bonchev–Trinajstić information content (AvgIpc) is 2.45. The first kappa shape index (κ1) is 16.4. The molecule has 0 heterocycles. The molecule has 0 aliphatic carbocycles. The number of nitrogens with zero attached hydrogens (tertiary/aromatic N) is 1. The van der Waals surface area contributed by atoms with Gasteiger partial charge in [-0.25, -0.2) is 4.79 Å². The first-order valence-corrected chi connectivity index (χ1v) is 6.33. The van der Waals surface area contributed by atoms with Crippen LogP contribution in [0.2, 0.25) is 0 Å². The van der Waals surface area contributed by atoms with Crippen molar-refractivity contribution in [1.29, 1.82) is 0 Å². The summed E-state index contributed by atoms with van der Waals surface area (Å²) in [5, 5.41) is 11.1. The van der Waals surface area contributed by atoms with Crippen molar-refractivity contribution in [3.63, 3.8) is 0 Å². The highest BCUT2D eigenvalue weighted by Crippen LogP contribution is 2.14. The third-order valence-electron chi connectivity index (χ3n) is 2.94. The van der Waals surface area contributed by atoms with E-state index in [4.69, 9.17) is 5.11 Å². The Labute approximate surface area is 123 Å². The van der Waals surface area contributed by atoms with Gasteiger partial charge in [-0.3, -0.25) is 9.59 Å². The van der Waals surface area contributed by atoms with Crippen molar-refractivity contribution in [2.24, 2.45) is 0 Å². The molecular weight excluding hydrogens is 272 g/mol. The lowest BCUT2D eigenvalue weighted by atomic mass is 10.0. The molecule has 2 amide bonds. The van der Waals surface area contributed by atoms with E-state index in [1.54, 1.807) is 18.2 Å². The molecule has 0 aromatic heterocycles. The van der Waals surface area contributed by atoms with Crippen LogP contribution in [0.25, 0.3) is 6.08 Å². The number of carboxylic acid groups (broad SMARTS) is 1. The topological polar surface area (TPSA) is 86.7 Å². The van der Waals surface area contributed by atoms with Gasteiger partial charge in [-0.15, -0.1) is 0 Å². The zero-order chi connectivity index (χ0) is 16.0. The summed E-state index contributed by atoms with van der Waals surface area (Å²) in [5.74, 6) is -1.62. The number of aryl methyl sites for hydroxylation is 1. The predicted molar refractivity (Wildman–Crippen MR) is 78.9 cm³/mol. The van der Waals surface area contributed by atoms with E-state index in [9.17, 15) is 14.4 Å². The van der Waals surface area contributed by atoms with Crippen LogP contribution in [-0.2, 0) is 9.59 Å². The molecule has 6 heteroatoms. The first-order chi connectivity index (χ1) is 9.85. The molecule has 0 saturated carbocycles. The van der Waals surface area contributed by atoms with Gasteiger partial charge >= 0.3 is 5.97 Å². The van der Waals surface area contributed by atoms with Gasteiger partial charge in [0.05, 0.1) is 6.54 Å². The molecule has 0 radical (unpaired) electrons. The fourth-order valence-corrected chi connectivity index (χ4v) is 1.70. The molecule has 0 atom stereocenters. The number of carboxylic acids is 1. The maximum atomic E-state index is 12.2. The molecule has 0 unspecified atom stereocenters. The van der Waals surface area contributed by atoms with Crippen LogP contribution in [0.1, 0.15) is 21.5 Å². The summed E-state index contributed by atoms with van der Waals surface area (Å²) in [7, 11) is 3.03. The number of carbonyl (C=O) groups excluding carboxylic acids is 2. The van der Waals surface area contributed by atoms with Crippen molar-refractivity contribution in [3.8, 4) is 0 Å². The molecule has 1 rings (SSSR count). The Morgan fingerprint density at radius 2 is 2.00 bits per heavy atom. The SMILES string of the molecule is CNC(=O)CN(C)C(=O)c1ccc(C)c(/C=C/C(=O)O)c1. The summed E-state index contributed by atoms with van der Waals surface area (Å²) in [6.45, 7) is 1.79. The van der Waals surface area contributed by atoms with E-state index in [1.165, 1.54) is 25.1 Å². The summed E-state index contributed by atoms with van der Waals surface area (Å²) in [5.41, 5.74) is 1.91. The van der Waals surface area contributed by atoms with Crippen LogP contribution >= 0.6 is 0 Å². The number of carbonyl (C=O) groups is 3. The molecule has 0 saturated heterocycles. The second kappa shape index (κ2) is 7.23. The Balaban J connectivity index is 2.98. The number of benzene rings is 1. The standard InChI is InChI=1S/C15H18N2O4/c1-10-4-5-12(8-11(10)6-7-14(19)20)15(21)17(3)9-13(18)16-2/h4-8H,9H2,1-3H3,(H,16,18)(H,19,20)/b7-6+. The van der Waals surface area contributed by atoms with Gasteiger partial charge in [-0.2, -0.15) is 0 Å². The number of hydrogen-bond donors (Lipinski definition) is 2. The van der Waals surface area contributed by atoms with Crippen LogP contribution in [0.4, 0.5) is 0 Å². The highest BCUT2D eigenvalue weighted by atomic mass is 16.4. The van der Waals surface area contributed by atoms with Crippen molar-refractivity contribution in [1.82, 2.24) is 10.2 Å². The molecule has 6 nitrogen and oxygen atoms in total. The van der Waals surface area contributed by atoms with Crippen molar-refractivity contribution in [3.05, 3.63) is 41.0 Å². The normalized spacial score (nSPS) is 10.4. The number of likely N-dealkylation sites (N-methyl/N-ethyl adjacent to an activating group) is 2. The van der Waals surface area contributed by atoms with Crippen LogP contribution in [0.15, 0.2) is 24.3 Å². The summed E-state index contributed by atoms with van der Waals surface area (Å²) < 4.78 is 0. The molecule has 0 aliphatic heterocycles. The fourth-order valence-electron chi connectivity index (χ4n) is 1.70. The third-order valence-corrected chi connectivity index (χ3v) is 2.94. The average molecular weight is 290 g/mol. The van der Waals surface area contributed by atoms with E-state index in [0.717, 1.165) is 11.6 Å². The van der Waals surface area contributed by atoms with Gasteiger partial charge in [0.25, 0.3) is 5.91 Å². The van der Waals surface area contributed by atoms with Gasteiger partial charge in [-0.1, -0.05) is 6.07 Å². The lowest BCUT2D eigenvalue weighted by Crippen LogP contribution is -2.36. The van der Waals surface area contributed by atoms with E-state index in [1.807, 2.05) is 6.92 Å². The lowest BCUT2D eigenvalue weighted by Gasteiger charge is -2.16. The van der Waals surface area contributed by atoms with Crippen molar-refractivity contribution < 1.29 is 19.5 Å². The summed E-state index contributed by atoms with van der Waals surface area (Å²) >= 11 is 0. The number of rotatable bonds is 5. The maximum Gasteiger partial charge on any atom is 0.328 e. The Hall–Kier alpha value is -2.63. The molecule has 2 N–H and O–H groups in total. The Bertz CT molecular complexity index is 593. The molecule has 1 aromatic rings. The third kappa shape index (κ3) is 4.76.